The Hall–Kier alpha value is -3.86. The molecule has 4 aliphatic carbocycles. The molecule has 4 bridgehead atoms. The minimum atomic E-state index is -0.729. The molecular formula is C41H36OP2. The van der Waals surface area contributed by atoms with E-state index in [1.54, 1.807) is 0 Å². The minimum absolute atomic E-state index is 0.0718. The Balaban J connectivity index is 1.35. The van der Waals surface area contributed by atoms with Crippen LogP contribution >= 0.6 is 15.8 Å². The Labute approximate surface area is 263 Å². The van der Waals surface area contributed by atoms with E-state index in [1.165, 1.54) is 54.1 Å². The summed E-state index contributed by atoms with van der Waals surface area (Å²) in [4.78, 5) is 0. The summed E-state index contributed by atoms with van der Waals surface area (Å²) in [5.74, 6) is 0. The Morgan fingerprint density at radius 1 is 0.409 bits per heavy atom. The fraction of sp³-hybridized carbons (Fsp3) is 0.122. The standard InChI is InChI=1S/C41H36OP2/c42-30-35-28-34-24-22-31-21-23-32(40(27-31)43(36-13-5-1-6-14-36)37-15-7-2-8-16-37)25-26-33(35)29-41(34)44(38-17-9-3-10-18-38)39-19-11-4-12-20-39/h1-21,23,27-29,42H,22,24-26,30H2. The second-order valence-corrected chi connectivity index (χ2v) is 15.8. The average Bonchev–Trinajstić information content (AvgIpc) is 3.08. The molecule has 0 amide bonds. The van der Waals surface area contributed by atoms with Gasteiger partial charge in [0.15, 0.2) is 0 Å². The summed E-state index contributed by atoms with van der Waals surface area (Å²) >= 11 is 0. The Bertz CT molecular complexity index is 1760. The van der Waals surface area contributed by atoms with Crippen LogP contribution in [0.5, 0.6) is 0 Å². The molecule has 10 rings (SSSR count). The van der Waals surface area contributed by atoms with Crippen LogP contribution in [-0.2, 0) is 32.3 Å². The fourth-order valence-electron chi connectivity index (χ4n) is 6.41. The number of aryl methyl sites for hydroxylation is 4. The van der Waals surface area contributed by atoms with E-state index in [9.17, 15) is 5.11 Å². The second-order valence-electron chi connectivity index (χ2n) is 11.4. The molecule has 4 aliphatic rings. The van der Waals surface area contributed by atoms with Gasteiger partial charge >= 0.3 is 0 Å². The molecule has 1 nitrogen and oxygen atoms in total. The smallest absolute Gasteiger partial charge is 0.0684 e. The van der Waals surface area contributed by atoms with Gasteiger partial charge in [0.2, 0.25) is 0 Å². The average molecular weight is 607 g/mol. The van der Waals surface area contributed by atoms with Crippen molar-refractivity contribution in [2.24, 2.45) is 0 Å². The van der Waals surface area contributed by atoms with E-state index in [2.05, 4.69) is 152 Å². The largest absolute Gasteiger partial charge is 0.392 e. The number of aliphatic hydroxyl groups is 1. The number of hydrogen-bond acceptors (Lipinski definition) is 1. The molecule has 0 aromatic heterocycles. The first-order chi connectivity index (χ1) is 21.8. The molecule has 1 N–H and O–H groups in total. The number of rotatable bonds is 7. The highest BCUT2D eigenvalue weighted by Gasteiger charge is 2.24. The van der Waals surface area contributed by atoms with Crippen molar-refractivity contribution in [1.82, 2.24) is 0 Å². The summed E-state index contributed by atoms with van der Waals surface area (Å²) in [6, 6.07) is 56.1. The van der Waals surface area contributed by atoms with Crippen molar-refractivity contribution in [2.75, 3.05) is 0 Å². The third-order valence-corrected chi connectivity index (χ3v) is 13.7. The molecule has 0 spiro atoms. The first-order valence-corrected chi connectivity index (χ1v) is 18.1. The number of aliphatic hydroxyl groups excluding tert-OH is 1. The van der Waals surface area contributed by atoms with Crippen molar-refractivity contribution < 1.29 is 5.11 Å². The maximum Gasteiger partial charge on any atom is 0.0684 e. The SMILES string of the molecule is OCc1cc2c(P(c3ccccc3)c3ccccc3)cc1CCc1ccc(cc1P(c1ccccc1)c1ccccc1)CC2. The van der Waals surface area contributed by atoms with E-state index in [4.69, 9.17) is 0 Å². The lowest BCUT2D eigenvalue weighted by Gasteiger charge is -2.27. The number of benzene rings is 6. The maximum absolute atomic E-state index is 10.6. The molecule has 0 aliphatic heterocycles. The molecule has 6 aromatic rings. The molecule has 0 fully saturated rings. The zero-order chi connectivity index (χ0) is 29.7. The topological polar surface area (TPSA) is 20.2 Å². The predicted octanol–water partition coefficient (Wildman–Crippen LogP) is 6.58. The predicted molar refractivity (Wildman–Crippen MR) is 191 cm³/mol. The van der Waals surface area contributed by atoms with E-state index < -0.39 is 15.8 Å². The highest BCUT2D eigenvalue weighted by Crippen LogP contribution is 2.38. The van der Waals surface area contributed by atoms with Gasteiger partial charge in [-0.1, -0.05) is 146 Å². The van der Waals surface area contributed by atoms with E-state index in [1.807, 2.05) is 0 Å². The van der Waals surface area contributed by atoms with Gasteiger partial charge in [-0.2, -0.15) is 0 Å². The summed E-state index contributed by atoms with van der Waals surface area (Å²) in [6.45, 7) is 0.0718. The third kappa shape index (κ3) is 6.06. The Morgan fingerprint density at radius 2 is 0.841 bits per heavy atom. The van der Waals surface area contributed by atoms with Crippen molar-refractivity contribution in [1.29, 1.82) is 0 Å². The summed E-state index contributed by atoms with van der Waals surface area (Å²) in [5.41, 5.74) is 6.50. The van der Waals surface area contributed by atoms with Crippen molar-refractivity contribution in [3.8, 4) is 0 Å². The molecule has 0 saturated carbocycles. The summed E-state index contributed by atoms with van der Waals surface area (Å²) < 4.78 is 0. The van der Waals surface area contributed by atoms with Gasteiger partial charge in [-0.3, -0.25) is 0 Å². The van der Waals surface area contributed by atoms with Crippen molar-refractivity contribution in [3.05, 3.63) is 179 Å². The van der Waals surface area contributed by atoms with Crippen LogP contribution in [0.2, 0.25) is 0 Å². The van der Waals surface area contributed by atoms with Crippen molar-refractivity contribution in [2.45, 2.75) is 32.3 Å². The van der Waals surface area contributed by atoms with Gasteiger partial charge < -0.3 is 5.11 Å². The first-order valence-electron chi connectivity index (χ1n) is 15.5. The van der Waals surface area contributed by atoms with Crippen LogP contribution in [0.15, 0.2) is 152 Å². The molecule has 0 heterocycles. The van der Waals surface area contributed by atoms with E-state index in [0.717, 1.165) is 31.2 Å². The molecule has 3 heteroatoms. The molecule has 216 valence electrons. The van der Waals surface area contributed by atoms with Crippen LogP contribution in [-0.4, -0.2) is 5.11 Å². The molecule has 0 atom stereocenters. The van der Waals surface area contributed by atoms with Gasteiger partial charge in [-0.05, 0) is 107 Å². The van der Waals surface area contributed by atoms with Crippen molar-refractivity contribution in [3.63, 3.8) is 0 Å². The quantitative estimate of drug-likeness (QED) is 0.204. The van der Waals surface area contributed by atoms with Crippen LogP contribution in [0.1, 0.15) is 27.8 Å². The normalized spacial score (nSPS) is 12.8. The lowest BCUT2D eigenvalue weighted by molar-refractivity contribution is 0.280. The molecule has 0 unspecified atom stereocenters. The fourth-order valence-corrected chi connectivity index (χ4v) is 11.5. The van der Waals surface area contributed by atoms with Gasteiger partial charge in [0.05, 0.1) is 6.61 Å². The highest BCUT2D eigenvalue weighted by molar-refractivity contribution is 7.80. The first kappa shape index (κ1) is 28.9. The van der Waals surface area contributed by atoms with E-state index >= 15 is 0 Å². The molecule has 6 aromatic carbocycles. The van der Waals surface area contributed by atoms with Gasteiger partial charge in [0, 0.05) is 0 Å². The number of hydrogen-bond donors (Lipinski definition) is 1. The molecule has 0 saturated heterocycles. The van der Waals surface area contributed by atoms with Crippen LogP contribution in [0, 0.1) is 0 Å². The van der Waals surface area contributed by atoms with Crippen molar-refractivity contribution >= 4 is 47.7 Å². The zero-order valence-corrected chi connectivity index (χ0v) is 26.6. The summed E-state index contributed by atoms with van der Waals surface area (Å²) in [7, 11) is -1.42. The van der Waals surface area contributed by atoms with Crippen LogP contribution in [0.3, 0.4) is 0 Å². The molecule has 44 heavy (non-hydrogen) atoms. The van der Waals surface area contributed by atoms with Crippen LogP contribution < -0.4 is 31.8 Å². The Morgan fingerprint density at radius 3 is 1.32 bits per heavy atom. The van der Waals surface area contributed by atoms with E-state index in [0.29, 0.717) is 0 Å². The van der Waals surface area contributed by atoms with Gasteiger partial charge in [0.25, 0.3) is 0 Å². The summed E-state index contributed by atoms with van der Waals surface area (Å²) in [6.07, 6.45) is 3.74. The lowest BCUT2D eigenvalue weighted by atomic mass is 9.93. The highest BCUT2D eigenvalue weighted by atomic mass is 31.1. The van der Waals surface area contributed by atoms with Crippen LogP contribution in [0.25, 0.3) is 0 Å². The van der Waals surface area contributed by atoms with Gasteiger partial charge in [-0.25, -0.2) is 0 Å². The van der Waals surface area contributed by atoms with Gasteiger partial charge in [0.1, 0.15) is 0 Å². The summed E-state index contributed by atoms with van der Waals surface area (Å²) in [5, 5.41) is 19.0. The monoisotopic (exact) mass is 606 g/mol. The van der Waals surface area contributed by atoms with E-state index in [-0.39, 0.29) is 6.61 Å². The third-order valence-electron chi connectivity index (χ3n) is 8.61. The Kier molecular flexibility index (Phi) is 8.81. The zero-order valence-electron chi connectivity index (χ0n) is 24.8. The van der Waals surface area contributed by atoms with Crippen LogP contribution in [0.4, 0.5) is 0 Å². The molecule has 0 radical (unpaired) electrons. The van der Waals surface area contributed by atoms with Gasteiger partial charge in [-0.15, -0.1) is 0 Å². The maximum atomic E-state index is 10.6. The minimum Gasteiger partial charge on any atom is -0.392 e. The lowest BCUT2D eigenvalue weighted by Crippen LogP contribution is -2.26. The molecular weight excluding hydrogens is 570 g/mol. The second kappa shape index (κ2) is 13.4.